The van der Waals surface area contributed by atoms with Crippen LogP contribution in [0.2, 0.25) is 5.02 Å². The first-order valence-electron chi connectivity index (χ1n) is 14.4. The topological polar surface area (TPSA) is 106 Å². The van der Waals surface area contributed by atoms with E-state index in [0.29, 0.717) is 65.4 Å². The SMILES string of the molecule is C=CC(=O)N1CCC(Oc2cc3c(Nc4cc(Cl)c(Oc5cccc(C(F)(F)F)c5)cc4C(C)(C)O)ncnc3cc2OC)CC1. The molecule has 0 aliphatic carbocycles. The highest BCUT2D eigenvalue weighted by molar-refractivity contribution is 6.32. The number of hydrogen-bond donors (Lipinski definition) is 2. The summed E-state index contributed by atoms with van der Waals surface area (Å²) < 4.78 is 57.4. The van der Waals surface area contributed by atoms with Crippen molar-refractivity contribution in [3.63, 3.8) is 0 Å². The molecule has 4 aromatic rings. The Kier molecular flexibility index (Phi) is 9.32. The van der Waals surface area contributed by atoms with Crippen LogP contribution in [0.25, 0.3) is 10.9 Å². The van der Waals surface area contributed by atoms with Crippen LogP contribution in [0.4, 0.5) is 24.7 Å². The standard InChI is InChI=1S/C33H32ClF3N4O5/c1-5-30(42)41-11-9-20(10-12-41)45-29-14-22-25(17-28(29)44-4)38-18-39-31(22)40-26-16-24(34)27(15-23(26)32(2,3)43)46-21-8-6-7-19(13-21)33(35,36)37/h5-8,13-18,20,43H,1,9-12H2,2-4H3,(H,38,39,40). The van der Waals surface area contributed by atoms with Gasteiger partial charge in [0.15, 0.2) is 11.5 Å². The molecule has 1 fully saturated rings. The molecule has 3 aromatic carbocycles. The first-order chi connectivity index (χ1) is 21.8. The van der Waals surface area contributed by atoms with Gasteiger partial charge in [-0.15, -0.1) is 0 Å². The predicted octanol–water partition coefficient (Wildman–Crippen LogP) is 7.63. The van der Waals surface area contributed by atoms with Crippen LogP contribution in [0, 0.1) is 0 Å². The fourth-order valence-corrected chi connectivity index (χ4v) is 5.35. The van der Waals surface area contributed by atoms with E-state index in [4.69, 9.17) is 25.8 Å². The first kappa shape index (κ1) is 32.8. The van der Waals surface area contributed by atoms with Crippen molar-refractivity contribution in [1.82, 2.24) is 14.9 Å². The lowest BCUT2D eigenvalue weighted by Gasteiger charge is -2.31. The molecular weight excluding hydrogens is 625 g/mol. The number of carbonyl (C=O) groups is 1. The van der Waals surface area contributed by atoms with Gasteiger partial charge in [-0.1, -0.05) is 24.2 Å². The van der Waals surface area contributed by atoms with E-state index in [1.54, 1.807) is 30.9 Å². The minimum absolute atomic E-state index is 0.0532. The van der Waals surface area contributed by atoms with Crippen molar-refractivity contribution in [3.8, 4) is 23.0 Å². The van der Waals surface area contributed by atoms with Gasteiger partial charge in [0.1, 0.15) is 29.7 Å². The second kappa shape index (κ2) is 13.1. The monoisotopic (exact) mass is 656 g/mol. The normalized spacial score (nSPS) is 14.2. The molecule has 13 heteroatoms. The number of anilines is 2. The van der Waals surface area contributed by atoms with Crippen LogP contribution in [-0.2, 0) is 16.6 Å². The van der Waals surface area contributed by atoms with Crippen molar-refractivity contribution >= 4 is 39.9 Å². The van der Waals surface area contributed by atoms with Crippen molar-refractivity contribution in [2.75, 3.05) is 25.5 Å². The van der Waals surface area contributed by atoms with E-state index in [2.05, 4.69) is 21.9 Å². The largest absolute Gasteiger partial charge is 0.493 e. The zero-order valence-electron chi connectivity index (χ0n) is 25.3. The second-order valence-corrected chi connectivity index (χ2v) is 11.6. The zero-order chi connectivity index (χ0) is 33.2. The van der Waals surface area contributed by atoms with Crippen LogP contribution < -0.4 is 19.5 Å². The van der Waals surface area contributed by atoms with Crippen LogP contribution in [0.15, 0.2) is 67.5 Å². The van der Waals surface area contributed by atoms with Crippen LogP contribution in [-0.4, -0.2) is 52.2 Å². The Labute approximate surface area is 268 Å². The molecule has 1 amide bonds. The molecule has 0 unspecified atom stereocenters. The number of hydrogen-bond acceptors (Lipinski definition) is 8. The molecule has 0 atom stereocenters. The quantitative estimate of drug-likeness (QED) is 0.177. The van der Waals surface area contributed by atoms with E-state index in [1.807, 2.05) is 0 Å². The Balaban J connectivity index is 1.46. The number of benzene rings is 3. The summed E-state index contributed by atoms with van der Waals surface area (Å²) in [5.41, 5.74) is -1.02. The van der Waals surface area contributed by atoms with E-state index in [1.165, 1.54) is 43.8 Å². The number of likely N-dealkylation sites (tertiary alicyclic amines) is 1. The lowest BCUT2D eigenvalue weighted by atomic mass is 9.96. The summed E-state index contributed by atoms with van der Waals surface area (Å²) in [6.07, 6.45) is -0.790. The van der Waals surface area contributed by atoms with E-state index in [-0.39, 0.29) is 28.5 Å². The van der Waals surface area contributed by atoms with Gasteiger partial charge in [0, 0.05) is 48.6 Å². The van der Waals surface area contributed by atoms with Gasteiger partial charge in [-0.05, 0) is 56.3 Å². The fraction of sp³-hybridized carbons (Fsp3) is 0.303. The molecule has 5 rings (SSSR count). The predicted molar refractivity (Wildman–Crippen MR) is 168 cm³/mol. The molecule has 0 spiro atoms. The lowest BCUT2D eigenvalue weighted by molar-refractivity contribution is -0.137. The van der Waals surface area contributed by atoms with Crippen molar-refractivity contribution in [2.24, 2.45) is 0 Å². The molecule has 9 nitrogen and oxygen atoms in total. The Morgan fingerprint density at radius 1 is 1.09 bits per heavy atom. The number of alkyl halides is 3. The summed E-state index contributed by atoms with van der Waals surface area (Å²) in [7, 11) is 1.53. The number of carbonyl (C=O) groups excluding carboxylic acids is 1. The molecule has 1 aromatic heterocycles. The van der Waals surface area contributed by atoms with E-state index in [0.717, 1.165) is 12.1 Å². The minimum atomic E-state index is -4.55. The fourth-order valence-electron chi connectivity index (χ4n) is 5.15. The molecule has 2 heterocycles. The second-order valence-electron chi connectivity index (χ2n) is 11.2. The van der Waals surface area contributed by atoms with Crippen LogP contribution in [0.3, 0.4) is 0 Å². The lowest BCUT2D eigenvalue weighted by Crippen LogP contribution is -2.41. The molecule has 1 aliphatic heterocycles. The summed E-state index contributed by atoms with van der Waals surface area (Å²) in [6.45, 7) is 7.73. The van der Waals surface area contributed by atoms with Gasteiger partial charge in [0.2, 0.25) is 5.91 Å². The maximum absolute atomic E-state index is 13.3. The Bertz CT molecular complexity index is 1770. The molecule has 242 valence electrons. The van der Waals surface area contributed by atoms with E-state index >= 15 is 0 Å². The number of ether oxygens (including phenoxy) is 3. The van der Waals surface area contributed by atoms with Gasteiger partial charge in [0.25, 0.3) is 0 Å². The average Bonchev–Trinajstić information content (AvgIpc) is 3.01. The van der Waals surface area contributed by atoms with Gasteiger partial charge in [-0.3, -0.25) is 4.79 Å². The highest BCUT2D eigenvalue weighted by Crippen LogP contribution is 2.42. The van der Waals surface area contributed by atoms with Gasteiger partial charge >= 0.3 is 6.18 Å². The van der Waals surface area contributed by atoms with Gasteiger partial charge in [0.05, 0.1) is 28.8 Å². The summed E-state index contributed by atoms with van der Waals surface area (Å²) in [4.78, 5) is 22.5. The van der Waals surface area contributed by atoms with Crippen molar-refractivity contribution in [1.29, 1.82) is 0 Å². The molecule has 0 bridgehead atoms. The van der Waals surface area contributed by atoms with Gasteiger partial charge < -0.3 is 29.5 Å². The van der Waals surface area contributed by atoms with Crippen molar-refractivity contribution < 1.29 is 37.3 Å². The third kappa shape index (κ3) is 7.29. The van der Waals surface area contributed by atoms with E-state index < -0.39 is 17.3 Å². The third-order valence-electron chi connectivity index (χ3n) is 7.52. The molecule has 1 saturated heterocycles. The number of halogens is 4. The number of amides is 1. The van der Waals surface area contributed by atoms with Crippen LogP contribution >= 0.6 is 11.6 Å². The number of nitrogens with zero attached hydrogens (tertiary/aromatic N) is 3. The summed E-state index contributed by atoms with van der Waals surface area (Å²) in [5, 5.41) is 15.0. The number of methoxy groups -OCH3 is 1. The number of piperidine rings is 1. The van der Waals surface area contributed by atoms with Gasteiger partial charge in [-0.25, -0.2) is 9.97 Å². The Hall–Kier alpha value is -4.55. The van der Waals surface area contributed by atoms with Crippen molar-refractivity contribution in [3.05, 3.63) is 83.7 Å². The number of fused-ring (bicyclic) bond motifs is 1. The third-order valence-corrected chi connectivity index (χ3v) is 7.81. The number of nitrogens with one attached hydrogen (secondary N) is 1. The minimum Gasteiger partial charge on any atom is -0.493 e. The number of rotatable bonds is 9. The summed E-state index contributed by atoms with van der Waals surface area (Å²) in [5.74, 6) is 1.18. The molecular formula is C33H32ClF3N4O5. The number of aliphatic hydroxyl groups is 1. The first-order valence-corrected chi connectivity index (χ1v) is 14.7. The van der Waals surface area contributed by atoms with Crippen LogP contribution in [0.1, 0.15) is 37.8 Å². The molecule has 0 saturated carbocycles. The molecule has 0 radical (unpaired) electrons. The van der Waals surface area contributed by atoms with Crippen LogP contribution in [0.5, 0.6) is 23.0 Å². The molecule has 46 heavy (non-hydrogen) atoms. The van der Waals surface area contributed by atoms with Crippen molar-refractivity contribution in [2.45, 2.75) is 44.6 Å². The zero-order valence-corrected chi connectivity index (χ0v) is 26.1. The highest BCUT2D eigenvalue weighted by atomic mass is 35.5. The highest BCUT2D eigenvalue weighted by Gasteiger charge is 2.31. The maximum Gasteiger partial charge on any atom is 0.416 e. The Morgan fingerprint density at radius 3 is 2.48 bits per heavy atom. The number of aromatic nitrogens is 2. The molecule has 1 aliphatic rings. The Morgan fingerprint density at radius 2 is 1.83 bits per heavy atom. The summed E-state index contributed by atoms with van der Waals surface area (Å²) >= 11 is 6.56. The van der Waals surface area contributed by atoms with Gasteiger partial charge in [-0.2, -0.15) is 13.2 Å². The van der Waals surface area contributed by atoms with E-state index in [9.17, 15) is 23.1 Å². The average molecular weight is 657 g/mol. The maximum atomic E-state index is 13.3. The molecule has 2 N–H and O–H groups in total. The summed E-state index contributed by atoms with van der Waals surface area (Å²) in [6, 6.07) is 10.9. The smallest absolute Gasteiger partial charge is 0.416 e.